The molecule has 0 aromatic carbocycles. The average Bonchev–Trinajstić information content (AvgIpc) is 2.65. The minimum Gasteiger partial charge on any atom is -0.379 e. The molecular formula is C11H20N4O3. The lowest BCUT2D eigenvalue weighted by molar-refractivity contribution is -0.389. The predicted molar refractivity (Wildman–Crippen MR) is 67.3 cm³/mol. The number of nitrogens with zero attached hydrogens (tertiary/aromatic N) is 3. The molecular weight excluding hydrogens is 236 g/mol. The number of nitro groups is 1. The summed E-state index contributed by atoms with van der Waals surface area (Å²) in [6, 6.07) is 1.48. The van der Waals surface area contributed by atoms with Crippen LogP contribution in [-0.2, 0) is 18.3 Å². The van der Waals surface area contributed by atoms with Crippen molar-refractivity contribution >= 4 is 5.82 Å². The minimum absolute atomic E-state index is 0.113. The van der Waals surface area contributed by atoms with Gasteiger partial charge in [0, 0.05) is 13.2 Å². The molecule has 0 unspecified atom stereocenters. The SMILES string of the molecule is CC(C)OCCCNCc1cc([N+](=O)[O-])nn1C. The third-order valence-corrected chi connectivity index (χ3v) is 2.41. The van der Waals surface area contributed by atoms with Crippen molar-refractivity contribution in [1.29, 1.82) is 0 Å². The first kappa shape index (κ1) is 14.6. The number of nitrogens with one attached hydrogen (secondary N) is 1. The maximum absolute atomic E-state index is 10.5. The highest BCUT2D eigenvalue weighted by atomic mass is 16.6. The summed E-state index contributed by atoms with van der Waals surface area (Å²) in [7, 11) is 1.70. The molecule has 1 aromatic heterocycles. The van der Waals surface area contributed by atoms with Crippen LogP contribution in [0.1, 0.15) is 26.0 Å². The van der Waals surface area contributed by atoms with Gasteiger partial charge in [0.25, 0.3) is 0 Å². The quantitative estimate of drug-likeness (QED) is 0.430. The molecule has 0 radical (unpaired) electrons. The summed E-state index contributed by atoms with van der Waals surface area (Å²) in [4.78, 5) is 10.1. The highest BCUT2D eigenvalue weighted by Gasteiger charge is 2.14. The van der Waals surface area contributed by atoms with Crippen LogP contribution in [0.25, 0.3) is 0 Å². The smallest absolute Gasteiger partial charge is 0.379 e. The van der Waals surface area contributed by atoms with Gasteiger partial charge in [-0.25, -0.2) is 0 Å². The Morgan fingerprint density at radius 1 is 1.61 bits per heavy atom. The average molecular weight is 256 g/mol. The van der Waals surface area contributed by atoms with Gasteiger partial charge in [-0.3, -0.25) is 0 Å². The molecule has 0 amide bonds. The van der Waals surface area contributed by atoms with E-state index in [1.165, 1.54) is 10.7 Å². The van der Waals surface area contributed by atoms with E-state index >= 15 is 0 Å². The van der Waals surface area contributed by atoms with Gasteiger partial charge in [0.15, 0.2) is 0 Å². The topological polar surface area (TPSA) is 82.2 Å². The number of rotatable bonds is 8. The van der Waals surface area contributed by atoms with Gasteiger partial charge in [-0.05, 0) is 31.7 Å². The van der Waals surface area contributed by atoms with Gasteiger partial charge in [0.05, 0.1) is 30.0 Å². The Labute approximate surface area is 106 Å². The van der Waals surface area contributed by atoms with Crippen molar-refractivity contribution in [3.8, 4) is 0 Å². The molecule has 1 aromatic rings. The molecule has 1 N–H and O–H groups in total. The lowest BCUT2D eigenvalue weighted by Gasteiger charge is -2.07. The van der Waals surface area contributed by atoms with Gasteiger partial charge in [-0.15, -0.1) is 0 Å². The van der Waals surface area contributed by atoms with E-state index in [9.17, 15) is 10.1 Å². The number of ether oxygens (including phenoxy) is 1. The summed E-state index contributed by atoms with van der Waals surface area (Å²) in [5, 5.41) is 17.5. The molecule has 0 fully saturated rings. The van der Waals surface area contributed by atoms with Gasteiger partial charge >= 0.3 is 5.82 Å². The first-order chi connectivity index (χ1) is 8.50. The maximum Gasteiger partial charge on any atom is 0.390 e. The first-order valence-corrected chi connectivity index (χ1v) is 6.00. The Balaban J connectivity index is 2.25. The van der Waals surface area contributed by atoms with Crippen molar-refractivity contribution in [2.45, 2.75) is 32.9 Å². The highest BCUT2D eigenvalue weighted by molar-refractivity contribution is 5.21. The molecule has 0 aliphatic rings. The molecule has 0 saturated heterocycles. The Morgan fingerprint density at radius 3 is 2.89 bits per heavy atom. The van der Waals surface area contributed by atoms with Crippen molar-refractivity contribution in [2.24, 2.45) is 7.05 Å². The van der Waals surface area contributed by atoms with Crippen molar-refractivity contribution in [2.75, 3.05) is 13.2 Å². The van der Waals surface area contributed by atoms with Crippen molar-refractivity contribution < 1.29 is 9.66 Å². The normalized spacial score (nSPS) is 11.1. The van der Waals surface area contributed by atoms with E-state index in [0.717, 1.165) is 25.3 Å². The fourth-order valence-corrected chi connectivity index (χ4v) is 1.48. The fraction of sp³-hybridized carbons (Fsp3) is 0.727. The van der Waals surface area contributed by atoms with Crippen LogP contribution in [0, 0.1) is 10.1 Å². The first-order valence-electron chi connectivity index (χ1n) is 6.00. The highest BCUT2D eigenvalue weighted by Crippen LogP contribution is 2.10. The molecule has 7 heteroatoms. The molecule has 102 valence electrons. The van der Waals surface area contributed by atoms with Crippen molar-refractivity contribution in [3.63, 3.8) is 0 Å². The molecule has 1 rings (SSSR count). The van der Waals surface area contributed by atoms with Gasteiger partial charge in [-0.2, -0.15) is 4.68 Å². The molecule has 1 heterocycles. The van der Waals surface area contributed by atoms with Crippen LogP contribution < -0.4 is 5.32 Å². The van der Waals surface area contributed by atoms with E-state index < -0.39 is 4.92 Å². The molecule has 18 heavy (non-hydrogen) atoms. The van der Waals surface area contributed by atoms with Gasteiger partial charge in [0.2, 0.25) is 0 Å². The maximum atomic E-state index is 10.5. The molecule has 7 nitrogen and oxygen atoms in total. The van der Waals surface area contributed by atoms with Crippen LogP contribution in [0.4, 0.5) is 5.82 Å². The minimum atomic E-state index is -0.486. The molecule has 0 aliphatic heterocycles. The van der Waals surface area contributed by atoms with Crippen molar-refractivity contribution in [1.82, 2.24) is 15.1 Å². The van der Waals surface area contributed by atoms with Crippen LogP contribution in [-0.4, -0.2) is 34.0 Å². The van der Waals surface area contributed by atoms with Crippen LogP contribution in [0.2, 0.25) is 0 Å². The zero-order chi connectivity index (χ0) is 13.5. The summed E-state index contributed by atoms with van der Waals surface area (Å²) in [6.07, 6.45) is 1.17. The Hall–Kier alpha value is -1.47. The van der Waals surface area contributed by atoms with Crippen LogP contribution in [0.5, 0.6) is 0 Å². The van der Waals surface area contributed by atoms with Crippen LogP contribution >= 0.6 is 0 Å². The number of aromatic nitrogens is 2. The van der Waals surface area contributed by atoms with E-state index in [4.69, 9.17) is 4.74 Å². The molecule has 0 bridgehead atoms. The summed E-state index contributed by atoms with van der Waals surface area (Å²) in [6.45, 7) is 6.10. The zero-order valence-corrected chi connectivity index (χ0v) is 11.0. The second-order valence-electron chi connectivity index (χ2n) is 4.32. The number of hydrogen-bond donors (Lipinski definition) is 1. The number of aryl methyl sites for hydroxylation is 1. The third kappa shape index (κ3) is 4.80. The van der Waals surface area contributed by atoms with E-state index in [-0.39, 0.29) is 11.9 Å². The Kier molecular flexibility index (Phi) is 5.73. The molecule has 0 saturated carbocycles. The summed E-state index contributed by atoms with van der Waals surface area (Å²) < 4.78 is 6.93. The second kappa shape index (κ2) is 7.07. The van der Waals surface area contributed by atoms with Crippen LogP contribution in [0.15, 0.2) is 6.07 Å². The van der Waals surface area contributed by atoms with Crippen molar-refractivity contribution in [3.05, 3.63) is 21.9 Å². The zero-order valence-electron chi connectivity index (χ0n) is 11.0. The van der Waals surface area contributed by atoms with Crippen LogP contribution in [0.3, 0.4) is 0 Å². The second-order valence-corrected chi connectivity index (χ2v) is 4.32. The third-order valence-electron chi connectivity index (χ3n) is 2.41. The summed E-state index contributed by atoms with van der Waals surface area (Å²) in [5.41, 5.74) is 0.798. The summed E-state index contributed by atoms with van der Waals surface area (Å²) >= 11 is 0. The monoisotopic (exact) mass is 256 g/mol. The van der Waals surface area contributed by atoms with E-state index in [0.29, 0.717) is 6.54 Å². The van der Waals surface area contributed by atoms with Gasteiger partial charge < -0.3 is 20.2 Å². The number of hydrogen-bond acceptors (Lipinski definition) is 5. The predicted octanol–water partition coefficient (Wildman–Crippen LogP) is 1.23. The lowest BCUT2D eigenvalue weighted by Crippen LogP contribution is -2.18. The van der Waals surface area contributed by atoms with E-state index in [2.05, 4.69) is 10.4 Å². The van der Waals surface area contributed by atoms with E-state index in [1.54, 1.807) is 7.05 Å². The van der Waals surface area contributed by atoms with Gasteiger partial charge in [0.1, 0.15) is 0 Å². The Morgan fingerprint density at radius 2 is 2.33 bits per heavy atom. The largest absolute Gasteiger partial charge is 0.390 e. The molecule has 0 atom stereocenters. The summed E-state index contributed by atoms with van der Waals surface area (Å²) in [5.74, 6) is -0.113. The fourth-order valence-electron chi connectivity index (χ4n) is 1.48. The molecule has 0 aliphatic carbocycles. The Bertz CT molecular complexity index is 390. The van der Waals surface area contributed by atoms with E-state index in [1.807, 2.05) is 13.8 Å². The standard InChI is InChI=1S/C11H20N4O3/c1-9(2)18-6-4-5-12-8-10-7-11(15(16)17)13-14(10)3/h7,9,12H,4-6,8H2,1-3H3. The molecule has 0 spiro atoms. The van der Waals surface area contributed by atoms with Gasteiger partial charge in [-0.1, -0.05) is 0 Å². The lowest BCUT2D eigenvalue weighted by atomic mass is 10.4.